The van der Waals surface area contributed by atoms with E-state index in [0.29, 0.717) is 5.95 Å². The second-order valence-electron chi connectivity index (χ2n) is 3.64. The molecular weight excluding hydrogens is 202 g/mol. The van der Waals surface area contributed by atoms with Crippen LogP contribution in [-0.2, 0) is 0 Å². The lowest BCUT2D eigenvalue weighted by molar-refractivity contribution is 0.414. The molecule has 1 unspecified atom stereocenters. The molecule has 0 aliphatic heterocycles. The maximum Gasteiger partial charge on any atom is 0.200 e. The van der Waals surface area contributed by atoms with Crippen molar-refractivity contribution < 1.29 is 4.74 Å². The van der Waals surface area contributed by atoms with Crippen LogP contribution in [0.4, 0.5) is 5.95 Å². The van der Waals surface area contributed by atoms with Crippen LogP contribution in [0.25, 0.3) is 0 Å². The molecule has 0 fully saturated rings. The van der Waals surface area contributed by atoms with Gasteiger partial charge in [0, 0.05) is 12.4 Å². The van der Waals surface area contributed by atoms with E-state index in [2.05, 4.69) is 11.9 Å². The van der Waals surface area contributed by atoms with Crippen molar-refractivity contribution in [2.24, 2.45) is 0 Å². The molecule has 2 N–H and O–H groups in total. The molecule has 0 saturated carbocycles. The number of nitrogens with zero attached hydrogens (tertiary/aromatic N) is 2. The molecule has 0 aliphatic carbocycles. The van der Waals surface area contributed by atoms with Gasteiger partial charge in [0.05, 0.1) is 13.2 Å². The Morgan fingerprint density at radius 1 is 1.31 bits per heavy atom. The Morgan fingerprint density at radius 2 is 2.00 bits per heavy atom. The first-order valence-electron chi connectivity index (χ1n) is 5.14. The third kappa shape index (κ3) is 1.86. The molecule has 1 aromatic heterocycles. The summed E-state index contributed by atoms with van der Waals surface area (Å²) in [6, 6.07) is 8.12. The number of imidazole rings is 1. The fraction of sp³-hybridized carbons (Fsp3) is 0.250. The Balaban J connectivity index is 2.27. The maximum atomic E-state index is 5.76. The molecule has 0 radical (unpaired) electrons. The lowest BCUT2D eigenvalue weighted by Gasteiger charge is -2.15. The van der Waals surface area contributed by atoms with Crippen LogP contribution in [0.3, 0.4) is 0 Å². The molecule has 84 valence electrons. The van der Waals surface area contributed by atoms with E-state index in [0.717, 1.165) is 5.75 Å². The number of rotatable bonds is 3. The highest BCUT2D eigenvalue weighted by Gasteiger charge is 2.09. The van der Waals surface area contributed by atoms with Gasteiger partial charge in [0.1, 0.15) is 5.75 Å². The Labute approximate surface area is 94.7 Å². The van der Waals surface area contributed by atoms with Gasteiger partial charge in [-0.3, -0.25) is 0 Å². The Bertz CT molecular complexity index is 461. The third-order valence-corrected chi connectivity index (χ3v) is 2.71. The van der Waals surface area contributed by atoms with E-state index in [9.17, 15) is 0 Å². The summed E-state index contributed by atoms with van der Waals surface area (Å²) in [4.78, 5) is 4.01. The fourth-order valence-corrected chi connectivity index (χ4v) is 1.70. The number of nitrogen functional groups attached to an aromatic ring is 1. The van der Waals surface area contributed by atoms with Crippen molar-refractivity contribution in [3.63, 3.8) is 0 Å². The highest BCUT2D eigenvalue weighted by Crippen LogP contribution is 2.22. The zero-order valence-corrected chi connectivity index (χ0v) is 9.42. The maximum absolute atomic E-state index is 5.76. The number of benzene rings is 1. The van der Waals surface area contributed by atoms with Gasteiger partial charge in [0.25, 0.3) is 0 Å². The molecule has 4 heteroatoms. The van der Waals surface area contributed by atoms with E-state index in [4.69, 9.17) is 10.5 Å². The number of nitrogens with two attached hydrogens (primary N) is 1. The molecule has 4 nitrogen and oxygen atoms in total. The average Bonchev–Trinajstić information content (AvgIpc) is 2.75. The van der Waals surface area contributed by atoms with Gasteiger partial charge in [0.15, 0.2) is 0 Å². The van der Waals surface area contributed by atoms with Gasteiger partial charge >= 0.3 is 0 Å². The second-order valence-corrected chi connectivity index (χ2v) is 3.64. The normalized spacial score (nSPS) is 12.4. The van der Waals surface area contributed by atoms with Gasteiger partial charge in [-0.15, -0.1) is 0 Å². The molecule has 0 bridgehead atoms. The zero-order valence-electron chi connectivity index (χ0n) is 9.42. The summed E-state index contributed by atoms with van der Waals surface area (Å²) in [5.41, 5.74) is 6.93. The van der Waals surface area contributed by atoms with Crippen LogP contribution in [0.2, 0.25) is 0 Å². The van der Waals surface area contributed by atoms with Crippen LogP contribution in [0, 0.1) is 0 Å². The highest BCUT2D eigenvalue weighted by molar-refractivity contribution is 5.31. The lowest BCUT2D eigenvalue weighted by atomic mass is 10.1. The van der Waals surface area contributed by atoms with Crippen molar-refractivity contribution in [3.05, 3.63) is 42.2 Å². The summed E-state index contributed by atoms with van der Waals surface area (Å²) in [6.07, 6.45) is 3.58. The monoisotopic (exact) mass is 217 g/mol. The summed E-state index contributed by atoms with van der Waals surface area (Å²) in [5, 5.41) is 0. The molecule has 2 aromatic rings. The van der Waals surface area contributed by atoms with Crippen molar-refractivity contribution in [3.8, 4) is 5.75 Å². The summed E-state index contributed by atoms with van der Waals surface area (Å²) in [6.45, 7) is 2.08. The number of methoxy groups -OCH3 is 1. The lowest BCUT2D eigenvalue weighted by Crippen LogP contribution is -2.09. The van der Waals surface area contributed by atoms with Crippen molar-refractivity contribution in [2.75, 3.05) is 12.8 Å². The summed E-state index contributed by atoms with van der Waals surface area (Å²) >= 11 is 0. The second kappa shape index (κ2) is 4.26. The number of aromatic nitrogens is 2. The molecule has 0 spiro atoms. The van der Waals surface area contributed by atoms with Gasteiger partial charge in [0.2, 0.25) is 5.95 Å². The Hall–Kier alpha value is -1.97. The summed E-state index contributed by atoms with van der Waals surface area (Å²) in [5.74, 6) is 1.39. The van der Waals surface area contributed by atoms with Crippen LogP contribution >= 0.6 is 0 Å². The fourth-order valence-electron chi connectivity index (χ4n) is 1.70. The molecule has 1 heterocycles. The number of hydrogen-bond acceptors (Lipinski definition) is 3. The van der Waals surface area contributed by atoms with Gasteiger partial charge in [-0.1, -0.05) is 12.1 Å². The minimum absolute atomic E-state index is 0.174. The van der Waals surface area contributed by atoms with Gasteiger partial charge < -0.3 is 15.0 Å². The molecule has 0 amide bonds. The van der Waals surface area contributed by atoms with Crippen LogP contribution in [-0.4, -0.2) is 16.7 Å². The smallest absolute Gasteiger partial charge is 0.200 e. The standard InChI is InChI=1S/C12H15N3O/c1-9(15-8-7-14-12(15)13)10-3-5-11(16-2)6-4-10/h3-9H,1-2H3,(H2,13,14). The first kappa shape index (κ1) is 10.5. The van der Waals surface area contributed by atoms with Gasteiger partial charge in [-0.05, 0) is 24.6 Å². The SMILES string of the molecule is COc1ccc(C(C)n2ccnc2N)cc1. The molecule has 1 atom stereocenters. The number of ether oxygens (including phenoxy) is 1. The van der Waals surface area contributed by atoms with Crippen LogP contribution in [0.5, 0.6) is 5.75 Å². The number of anilines is 1. The van der Waals surface area contributed by atoms with Crippen LogP contribution < -0.4 is 10.5 Å². The van der Waals surface area contributed by atoms with Crippen molar-refractivity contribution in [1.29, 1.82) is 0 Å². The molecule has 16 heavy (non-hydrogen) atoms. The van der Waals surface area contributed by atoms with E-state index in [1.807, 2.05) is 35.0 Å². The summed E-state index contributed by atoms with van der Waals surface area (Å²) in [7, 11) is 1.66. The highest BCUT2D eigenvalue weighted by atomic mass is 16.5. The van der Waals surface area contributed by atoms with Crippen molar-refractivity contribution >= 4 is 5.95 Å². The van der Waals surface area contributed by atoms with Gasteiger partial charge in [-0.25, -0.2) is 4.98 Å². The predicted molar refractivity (Wildman–Crippen MR) is 63.4 cm³/mol. The van der Waals surface area contributed by atoms with E-state index >= 15 is 0 Å². The van der Waals surface area contributed by atoms with E-state index in [1.165, 1.54) is 5.56 Å². The average molecular weight is 217 g/mol. The molecule has 2 rings (SSSR count). The number of hydrogen-bond donors (Lipinski definition) is 1. The Morgan fingerprint density at radius 3 is 2.50 bits per heavy atom. The first-order chi connectivity index (χ1) is 7.72. The topological polar surface area (TPSA) is 53.1 Å². The minimum Gasteiger partial charge on any atom is -0.497 e. The van der Waals surface area contributed by atoms with E-state index in [1.54, 1.807) is 13.3 Å². The van der Waals surface area contributed by atoms with Crippen LogP contribution in [0.15, 0.2) is 36.7 Å². The van der Waals surface area contributed by atoms with Crippen LogP contribution in [0.1, 0.15) is 18.5 Å². The molecule has 1 aromatic carbocycles. The first-order valence-corrected chi connectivity index (χ1v) is 5.14. The molecule has 0 saturated heterocycles. The van der Waals surface area contributed by atoms with Crippen molar-refractivity contribution in [1.82, 2.24) is 9.55 Å². The van der Waals surface area contributed by atoms with E-state index in [-0.39, 0.29) is 6.04 Å². The molecular formula is C12H15N3O. The minimum atomic E-state index is 0.174. The van der Waals surface area contributed by atoms with E-state index < -0.39 is 0 Å². The largest absolute Gasteiger partial charge is 0.497 e. The summed E-state index contributed by atoms with van der Waals surface area (Å²) < 4.78 is 7.05. The predicted octanol–water partition coefficient (Wildman–Crippen LogP) is 2.08. The quantitative estimate of drug-likeness (QED) is 0.856. The van der Waals surface area contributed by atoms with Crippen molar-refractivity contribution in [2.45, 2.75) is 13.0 Å². The van der Waals surface area contributed by atoms with Gasteiger partial charge in [-0.2, -0.15) is 0 Å². The third-order valence-electron chi connectivity index (χ3n) is 2.71. The Kier molecular flexibility index (Phi) is 2.81. The zero-order chi connectivity index (χ0) is 11.5. The molecule has 0 aliphatic rings.